The highest BCUT2D eigenvalue weighted by atomic mass is 16.7. The molecule has 0 bridgehead atoms. The SMILES string of the molecule is Cc1cn([C@H]2CC[C@@H](COCOC(=O)C(C)(C)C)O2)c(=O)[nH]c1=O. The number of nitrogens with one attached hydrogen (secondary N) is 1. The molecule has 0 amide bonds. The van der Waals surface area contributed by atoms with Gasteiger partial charge in [0.25, 0.3) is 5.56 Å². The molecule has 1 N–H and O–H groups in total. The van der Waals surface area contributed by atoms with Crippen LogP contribution in [0.1, 0.15) is 45.4 Å². The lowest BCUT2D eigenvalue weighted by atomic mass is 9.98. The summed E-state index contributed by atoms with van der Waals surface area (Å²) in [5, 5.41) is 0. The zero-order chi connectivity index (χ0) is 17.9. The van der Waals surface area contributed by atoms with Crippen molar-refractivity contribution in [2.75, 3.05) is 13.4 Å². The summed E-state index contributed by atoms with van der Waals surface area (Å²) in [4.78, 5) is 37.1. The number of rotatable bonds is 5. The van der Waals surface area contributed by atoms with E-state index in [1.807, 2.05) is 0 Å². The van der Waals surface area contributed by atoms with Crippen LogP contribution in [0.3, 0.4) is 0 Å². The smallest absolute Gasteiger partial charge is 0.330 e. The fourth-order valence-electron chi connectivity index (χ4n) is 2.31. The molecule has 134 valence electrons. The Morgan fingerprint density at radius 1 is 1.38 bits per heavy atom. The molecule has 1 aromatic heterocycles. The molecule has 1 aliphatic rings. The number of nitrogens with zero attached hydrogens (tertiary/aromatic N) is 1. The van der Waals surface area contributed by atoms with Crippen LogP contribution < -0.4 is 11.2 Å². The Kier molecular flexibility index (Phi) is 5.61. The first-order valence-corrected chi connectivity index (χ1v) is 7.91. The quantitative estimate of drug-likeness (QED) is 0.489. The second-order valence-electron chi connectivity index (χ2n) is 6.94. The zero-order valence-electron chi connectivity index (χ0n) is 14.5. The number of hydrogen-bond acceptors (Lipinski definition) is 6. The molecule has 1 fully saturated rings. The summed E-state index contributed by atoms with van der Waals surface area (Å²) in [5.74, 6) is -0.331. The Morgan fingerprint density at radius 2 is 2.08 bits per heavy atom. The molecule has 1 aliphatic heterocycles. The van der Waals surface area contributed by atoms with Gasteiger partial charge in [0, 0.05) is 11.8 Å². The molecule has 0 radical (unpaired) electrons. The van der Waals surface area contributed by atoms with Gasteiger partial charge in [0.15, 0.2) is 6.79 Å². The first-order valence-electron chi connectivity index (χ1n) is 7.91. The van der Waals surface area contributed by atoms with E-state index in [0.29, 0.717) is 18.4 Å². The number of carbonyl (C=O) groups is 1. The number of aryl methyl sites for hydroxylation is 1. The predicted molar refractivity (Wildman–Crippen MR) is 85.6 cm³/mol. The Balaban J connectivity index is 1.82. The third kappa shape index (κ3) is 4.55. The summed E-state index contributed by atoms with van der Waals surface area (Å²) >= 11 is 0. The largest absolute Gasteiger partial charge is 0.438 e. The highest BCUT2D eigenvalue weighted by molar-refractivity contribution is 5.75. The Labute approximate surface area is 139 Å². The minimum Gasteiger partial charge on any atom is -0.438 e. The summed E-state index contributed by atoms with van der Waals surface area (Å²) < 4.78 is 17.5. The first-order chi connectivity index (χ1) is 11.2. The molecule has 0 aromatic carbocycles. The zero-order valence-corrected chi connectivity index (χ0v) is 14.5. The van der Waals surface area contributed by atoms with E-state index in [1.165, 1.54) is 10.8 Å². The van der Waals surface area contributed by atoms with E-state index in [0.717, 1.165) is 0 Å². The van der Waals surface area contributed by atoms with E-state index in [2.05, 4.69) is 4.98 Å². The summed E-state index contributed by atoms with van der Waals surface area (Å²) in [6, 6.07) is 0. The van der Waals surface area contributed by atoms with Crippen molar-refractivity contribution in [2.45, 2.75) is 52.9 Å². The first kappa shape index (κ1) is 18.4. The van der Waals surface area contributed by atoms with Gasteiger partial charge >= 0.3 is 11.7 Å². The van der Waals surface area contributed by atoms with Crippen molar-refractivity contribution in [1.29, 1.82) is 0 Å². The number of esters is 1. The molecular weight excluding hydrogens is 316 g/mol. The van der Waals surface area contributed by atoms with Gasteiger partial charge in [0.1, 0.15) is 6.23 Å². The van der Waals surface area contributed by atoms with Crippen molar-refractivity contribution < 1.29 is 19.0 Å². The molecule has 8 nitrogen and oxygen atoms in total. The number of H-pyrrole nitrogens is 1. The normalized spacial score (nSPS) is 21.0. The van der Waals surface area contributed by atoms with E-state index in [9.17, 15) is 14.4 Å². The maximum absolute atomic E-state index is 11.9. The van der Waals surface area contributed by atoms with Crippen LogP contribution in [-0.2, 0) is 19.0 Å². The molecule has 1 saturated heterocycles. The van der Waals surface area contributed by atoms with Gasteiger partial charge < -0.3 is 14.2 Å². The van der Waals surface area contributed by atoms with Crippen LogP contribution in [0, 0.1) is 12.3 Å². The van der Waals surface area contributed by atoms with Gasteiger partial charge in [-0.2, -0.15) is 0 Å². The van der Waals surface area contributed by atoms with E-state index >= 15 is 0 Å². The number of hydrogen-bond donors (Lipinski definition) is 1. The van der Waals surface area contributed by atoms with Gasteiger partial charge in [0.05, 0.1) is 18.1 Å². The number of ether oxygens (including phenoxy) is 3. The van der Waals surface area contributed by atoms with Crippen LogP contribution in [0.15, 0.2) is 15.8 Å². The fraction of sp³-hybridized carbons (Fsp3) is 0.688. The van der Waals surface area contributed by atoms with Gasteiger partial charge in [-0.3, -0.25) is 19.1 Å². The van der Waals surface area contributed by atoms with Crippen molar-refractivity contribution in [3.63, 3.8) is 0 Å². The number of aromatic amines is 1. The summed E-state index contributed by atoms with van der Waals surface area (Å²) in [7, 11) is 0. The maximum atomic E-state index is 11.9. The van der Waals surface area contributed by atoms with Crippen LogP contribution in [0.5, 0.6) is 0 Å². The average molecular weight is 340 g/mol. The predicted octanol–water partition coefficient (Wildman–Crippen LogP) is 1.09. The lowest BCUT2D eigenvalue weighted by molar-refractivity contribution is -0.169. The van der Waals surface area contributed by atoms with Gasteiger partial charge in [-0.15, -0.1) is 0 Å². The molecular formula is C16H24N2O6. The molecule has 2 rings (SSSR count). The van der Waals surface area contributed by atoms with Crippen LogP contribution in [0.4, 0.5) is 0 Å². The molecule has 0 unspecified atom stereocenters. The lowest BCUT2D eigenvalue weighted by Crippen LogP contribution is -2.33. The molecule has 0 saturated carbocycles. The van der Waals surface area contributed by atoms with Crippen molar-refractivity contribution in [2.24, 2.45) is 5.41 Å². The monoisotopic (exact) mass is 340 g/mol. The minimum absolute atomic E-state index is 0.127. The lowest BCUT2D eigenvalue weighted by Gasteiger charge is -2.18. The Hall–Kier alpha value is -1.93. The molecule has 1 aromatic rings. The standard InChI is InChI=1S/C16H24N2O6/c1-10-7-18(15(21)17-13(10)19)12-6-5-11(24-12)8-22-9-23-14(20)16(2,3)4/h7,11-12H,5-6,8-9H2,1-4H3,(H,17,19,21)/t11-,12+/m0/s1. The van der Waals surface area contributed by atoms with Crippen LogP contribution in [0.2, 0.25) is 0 Å². The second kappa shape index (κ2) is 7.31. The maximum Gasteiger partial charge on any atom is 0.330 e. The summed E-state index contributed by atoms with van der Waals surface area (Å²) in [6.45, 7) is 7.08. The van der Waals surface area contributed by atoms with Gasteiger partial charge in [0.2, 0.25) is 0 Å². The molecule has 8 heteroatoms. The van der Waals surface area contributed by atoms with Crippen molar-refractivity contribution in [3.05, 3.63) is 32.6 Å². The van der Waals surface area contributed by atoms with Gasteiger partial charge in [-0.1, -0.05) is 0 Å². The molecule has 0 spiro atoms. The average Bonchev–Trinajstić information content (AvgIpc) is 2.94. The van der Waals surface area contributed by atoms with Gasteiger partial charge in [-0.25, -0.2) is 4.79 Å². The number of aromatic nitrogens is 2. The highest BCUT2D eigenvalue weighted by Crippen LogP contribution is 2.27. The van der Waals surface area contributed by atoms with E-state index < -0.39 is 22.9 Å². The Morgan fingerprint density at radius 3 is 2.75 bits per heavy atom. The summed E-state index contributed by atoms with van der Waals surface area (Å²) in [5.41, 5.74) is -1.00. The number of carbonyl (C=O) groups excluding carboxylic acids is 1. The highest BCUT2D eigenvalue weighted by Gasteiger charge is 2.28. The van der Waals surface area contributed by atoms with Crippen molar-refractivity contribution in [3.8, 4) is 0 Å². The van der Waals surface area contributed by atoms with E-state index in [4.69, 9.17) is 14.2 Å². The molecule has 2 atom stereocenters. The molecule has 2 heterocycles. The second-order valence-corrected chi connectivity index (χ2v) is 6.94. The van der Waals surface area contributed by atoms with Crippen LogP contribution in [0.25, 0.3) is 0 Å². The third-order valence-electron chi connectivity index (χ3n) is 3.73. The third-order valence-corrected chi connectivity index (χ3v) is 3.73. The van der Waals surface area contributed by atoms with Crippen LogP contribution in [-0.4, -0.2) is 35.0 Å². The van der Waals surface area contributed by atoms with E-state index in [1.54, 1.807) is 27.7 Å². The topological polar surface area (TPSA) is 99.6 Å². The van der Waals surface area contributed by atoms with E-state index in [-0.39, 0.29) is 25.5 Å². The van der Waals surface area contributed by atoms with Crippen LogP contribution >= 0.6 is 0 Å². The van der Waals surface area contributed by atoms with Gasteiger partial charge in [-0.05, 0) is 40.5 Å². The summed E-state index contributed by atoms with van der Waals surface area (Å²) in [6.07, 6.45) is 2.23. The minimum atomic E-state index is -0.568. The molecule has 0 aliphatic carbocycles. The molecule has 24 heavy (non-hydrogen) atoms. The fourth-order valence-corrected chi connectivity index (χ4v) is 2.31. The van der Waals surface area contributed by atoms with Crippen molar-refractivity contribution in [1.82, 2.24) is 9.55 Å². The van der Waals surface area contributed by atoms with Crippen molar-refractivity contribution >= 4 is 5.97 Å². The Bertz CT molecular complexity index is 700.